The first kappa shape index (κ1) is 28.4. The molecule has 1 aromatic heterocycles. The van der Waals surface area contributed by atoms with Crippen molar-refractivity contribution in [3.05, 3.63) is 117 Å². The monoisotopic (exact) mass is 596 g/mol. The van der Waals surface area contributed by atoms with E-state index in [-0.39, 0.29) is 41.6 Å². The Kier molecular flexibility index (Phi) is 7.58. The number of hydrogen-bond acceptors (Lipinski definition) is 6. The molecule has 2 aliphatic rings. The molecule has 4 aromatic rings. The van der Waals surface area contributed by atoms with Crippen molar-refractivity contribution < 1.29 is 18.8 Å². The lowest BCUT2D eigenvalue weighted by Crippen LogP contribution is -2.59. The van der Waals surface area contributed by atoms with Crippen LogP contribution >= 0.6 is 11.6 Å². The summed E-state index contributed by atoms with van der Waals surface area (Å²) in [5.41, 5.74) is 1.41. The SMILES string of the molecule is CN1N=C2CCN(C(=O)[C@H](Cc3ccc(Cl)cc3)NC(=O)c3cc(=O)c4ccccc4o3)CC2(Cc2ccccc2)C1=O. The molecule has 218 valence electrons. The summed E-state index contributed by atoms with van der Waals surface area (Å²) in [5.74, 6) is -1.40. The van der Waals surface area contributed by atoms with Crippen LogP contribution < -0.4 is 10.7 Å². The molecule has 0 aliphatic carbocycles. The van der Waals surface area contributed by atoms with Gasteiger partial charge in [0.15, 0.2) is 11.2 Å². The van der Waals surface area contributed by atoms with E-state index in [0.29, 0.717) is 29.8 Å². The van der Waals surface area contributed by atoms with Gasteiger partial charge in [0.2, 0.25) is 5.91 Å². The molecule has 0 spiro atoms. The average Bonchev–Trinajstić information content (AvgIpc) is 3.26. The van der Waals surface area contributed by atoms with Crippen molar-refractivity contribution >= 4 is 46.0 Å². The quantitative estimate of drug-likeness (QED) is 0.346. The molecule has 1 fully saturated rings. The summed E-state index contributed by atoms with van der Waals surface area (Å²) in [5, 5.41) is 9.60. The van der Waals surface area contributed by atoms with Gasteiger partial charge in [-0.3, -0.25) is 19.2 Å². The van der Waals surface area contributed by atoms with Crippen LogP contribution in [0.25, 0.3) is 11.0 Å². The van der Waals surface area contributed by atoms with Gasteiger partial charge in [-0.05, 0) is 41.8 Å². The third kappa shape index (κ3) is 5.56. The van der Waals surface area contributed by atoms with Gasteiger partial charge in [-0.15, -0.1) is 0 Å². The van der Waals surface area contributed by atoms with Gasteiger partial charge in [-0.1, -0.05) is 66.2 Å². The van der Waals surface area contributed by atoms with E-state index in [1.165, 1.54) is 5.01 Å². The number of likely N-dealkylation sites (tertiary alicyclic amines) is 1. The highest BCUT2D eigenvalue weighted by Gasteiger charge is 2.53. The Morgan fingerprint density at radius 1 is 1.00 bits per heavy atom. The van der Waals surface area contributed by atoms with Crippen LogP contribution in [0, 0.1) is 5.41 Å². The minimum Gasteiger partial charge on any atom is -0.451 e. The Morgan fingerprint density at radius 2 is 1.72 bits per heavy atom. The fraction of sp³-hybridized carbons (Fsp3) is 0.242. The third-order valence-corrected chi connectivity index (χ3v) is 8.33. The molecule has 6 rings (SSSR count). The third-order valence-electron chi connectivity index (χ3n) is 8.08. The molecule has 0 bridgehead atoms. The first-order valence-electron chi connectivity index (χ1n) is 14.0. The summed E-state index contributed by atoms with van der Waals surface area (Å²) in [6, 6.07) is 23.5. The van der Waals surface area contributed by atoms with E-state index in [1.54, 1.807) is 60.5 Å². The Bertz CT molecular complexity index is 1800. The van der Waals surface area contributed by atoms with Gasteiger partial charge in [-0.2, -0.15) is 5.10 Å². The molecule has 2 atom stereocenters. The van der Waals surface area contributed by atoms with Crippen LogP contribution in [0.2, 0.25) is 5.02 Å². The molecular weight excluding hydrogens is 568 g/mol. The number of para-hydroxylation sites is 1. The molecule has 43 heavy (non-hydrogen) atoms. The number of benzene rings is 3. The van der Waals surface area contributed by atoms with Gasteiger partial charge in [0, 0.05) is 44.1 Å². The van der Waals surface area contributed by atoms with Gasteiger partial charge in [-0.25, -0.2) is 5.01 Å². The molecule has 3 heterocycles. The van der Waals surface area contributed by atoms with Crippen molar-refractivity contribution in [2.24, 2.45) is 10.5 Å². The van der Waals surface area contributed by atoms with Crippen LogP contribution in [-0.2, 0) is 22.4 Å². The summed E-state index contributed by atoms with van der Waals surface area (Å²) in [4.78, 5) is 55.5. The number of amides is 3. The Hall–Kier alpha value is -4.76. The average molecular weight is 597 g/mol. The largest absolute Gasteiger partial charge is 0.451 e. The number of carbonyl (C=O) groups is 3. The van der Waals surface area contributed by atoms with Crippen LogP contribution in [-0.4, -0.2) is 59.5 Å². The predicted octanol–water partition coefficient (Wildman–Crippen LogP) is 4.08. The molecular formula is C33H29ClN4O5. The van der Waals surface area contributed by atoms with Gasteiger partial charge in [0.25, 0.3) is 11.8 Å². The van der Waals surface area contributed by atoms with E-state index in [4.69, 9.17) is 16.0 Å². The maximum Gasteiger partial charge on any atom is 0.287 e. The van der Waals surface area contributed by atoms with Gasteiger partial charge in [0.1, 0.15) is 17.0 Å². The molecule has 10 heteroatoms. The number of hydrogen-bond donors (Lipinski definition) is 1. The van der Waals surface area contributed by atoms with Gasteiger partial charge >= 0.3 is 0 Å². The zero-order valence-corrected chi connectivity index (χ0v) is 24.2. The number of halogens is 1. The van der Waals surface area contributed by atoms with Crippen molar-refractivity contribution in [2.45, 2.75) is 25.3 Å². The summed E-state index contributed by atoms with van der Waals surface area (Å²) >= 11 is 6.08. The van der Waals surface area contributed by atoms with E-state index >= 15 is 0 Å². The van der Waals surface area contributed by atoms with E-state index in [1.807, 2.05) is 30.3 Å². The van der Waals surface area contributed by atoms with Crippen molar-refractivity contribution in [1.82, 2.24) is 15.2 Å². The van der Waals surface area contributed by atoms with Gasteiger partial charge in [0.05, 0.1) is 11.1 Å². The summed E-state index contributed by atoms with van der Waals surface area (Å²) < 4.78 is 5.74. The number of rotatable bonds is 7. The molecule has 1 saturated heterocycles. The highest BCUT2D eigenvalue weighted by molar-refractivity contribution is 6.30. The minimum absolute atomic E-state index is 0.126. The lowest BCUT2D eigenvalue weighted by Gasteiger charge is -2.40. The maximum atomic E-state index is 14.2. The highest BCUT2D eigenvalue weighted by Crippen LogP contribution is 2.38. The lowest BCUT2D eigenvalue weighted by atomic mass is 9.73. The normalized spacial score (nSPS) is 18.7. The predicted molar refractivity (Wildman–Crippen MR) is 163 cm³/mol. The van der Waals surface area contributed by atoms with Crippen molar-refractivity contribution in [3.63, 3.8) is 0 Å². The van der Waals surface area contributed by atoms with Crippen LogP contribution in [0.3, 0.4) is 0 Å². The lowest BCUT2D eigenvalue weighted by molar-refractivity contribution is -0.140. The van der Waals surface area contributed by atoms with Crippen molar-refractivity contribution in [3.8, 4) is 0 Å². The van der Waals surface area contributed by atoms with Crippen LogP contribution in [0.15, 0.2) is 99.2 Å². The fourth-order valence-electron chi connectivity index (χ4n) is 5.94. The molecule has 0 radical (unpaired) electrons. The number of nitrogens with one attached hydrogen (secondary N) is 1. The minimum atomic E-state index is -1.01. The molecule has 1 N–H and O–H groups in total. The van der Waals surface area contributed by atoms with E-state index in [0.717, 1.165) is 22.9 Å². The number of carbonyl (C=O) groups excluding carboxylic acids is 3. The molecule has 3 amide bonds. The van der Waals surface area contributed by atoms with E-state index in [2.05, 4.69) is 10.4 Å². The maximum absolute atomic E-state index is 14.2. The highest BCUT2D eigenvalue weighted by atomic mass is 35.5. The van der Waals surface area contributed by atoms with Crippen molar-refractivity contribution in [2.75, 3.05) is 20.1 Å². The first-order valence-corrected chi connectivity index (χ1v) is 14.4. The Morgan fingerprint density at radius 3 is 2.49 bits per heavy atom. The zero-order chi connectivity index (χ0) is 30.1. The summed E-state index contributed by atoms with van der Waals surface area (Å²) in [6.07, 6.45) is 0.989. The second kappa shape index (κ2) is 11.5. The van der Waals surface area contributed by atoms with Crippen LogP contribution in [0.5, 0.6) is 0 Å². The van der Waals surface area contributed by atoms with E-state index in [9.17, 15) is 19.2 Å². The van der Waals surface area contributed by atoms with Gasteiger partial charge < -0.3 is 14.6 Å². The zero-order valence-electron chi connectivity index (χ0n) is 23.5. The van der Waals surface area contributed by atoms with Crippen LogP contribution in [0.1, 0.15) is 28.1 Å². The summed E-state index contributed by atoms with van der Waals surface area (Å²) in [7, 11) is 1.63. The van der Waals surface area contributed by atoms with Crippen molar-refractivity contribution in [1.29, 1.82) is 0 Å². The Balaban J connectivity index is 1.31. The fourth-order valence-corrected chi connectivity index (χ4v) is 6.06. The molecule has 1 unspecified atom stereocenters. The molecule has 3 aromatic carbocycles. The second-order valence-corrected chi connectivity index (χ2v) is 11.4. The molecule has 0 saturated carbocycles. The topological polar surface area (TPSA) is 112 Å². The Labute approximate surface area is 252 Å². The van der Waals surface area contributed by atoms with E-state index < -0.39 is 17.4 Å². The summed E-state index contributed by atoms with van der Waals surface area (Å²) in [6.45, 7) is 0.466. The molecule has 9 nitrogen and oxygen atoms in total. The number of piperidine rings is 1. The number of hydrazone groups is 1. The number of fused-ring (bicyclic) bond motifs is 2. The molecule has 2 aliphatic heterocycles. The standard InChI is InChI=1S/C33H29ClN4O5/c1-37-32(42)33(19-22-7-3-2-4-8-22)20-38(16-15-29(33)36-37)31(41)25(17-21-11-13-23(34)14-12-21)35-30(40)28-18-26(39)24-9-5-6-10-27(24)43-28/h2-14,18,25H,15-17,19-20H2,1H3,(H,35,40)/t25-,33?/m0/s1. The number of nitrogens with zero attached hydrogens (tertiary/aromatic N) is 3. The second-order valence-electron chi connectivity index (χ2n) is 11.0. The first-order chi connectivity index (χ1) is 20.7. The smallest absolute Gasteiger partial charge is 0.287 e. The van der Waals surface area contributed by atoms with Crippen LogP contribution in [0.4, 0.5) is 0 Å².